The summed E-state index contributed by atoms with van der Waals surface area (Å²) in [7, 11) is 0. The van der Waals surface area contributed by atoms with Gasteiger partial charge in [-0.1, -0.05) is 90.1 Å². The van der Waals surface area contributed by atoms with E-state index < -0.39 is 205 Å². The number of carboxylic acids is 3. The third-order valence-corrected chi connectivity index (χ3v) is 20.8. The van der Waals surface area contributed by atoms with Gasteiger partial charge in [0.1, 0.15) is 84.3 Å². The average molecular weight is 1740 g/mol. The Hall–Kier alpha value is -12.9. The number of carboxylic acid groups (broad SMARTS) is 3. The molecule has 4 heterocycles. The molecule has 13 amide bonds. The molecule has 41 nitrogen and oxygen atoms in total. The van der Waals surface area contributed by atoms with Gasteiger partial charge in [0.25, 0.3) is 0 Å². The molecule has 0 aliphatic carbocycles. The van der Waals surface area contributed by atoms with Crippen LogP contribution in [0.25, 0.3) is 21.8 Å². The van der Waals surface area contributed by atoms with Crippen LogP contribution in [0.5, 0.6) is 5.75 Å². The number of aromatic nitrogens is 4. The predicted molar refractivity (Wildman–Crippen MR) is 452 cm³/mol. The van der Waals surface area contributed by atoms with Gasteiger partial charge in [-0.05, 0) is 130 Å². The predicted octanol–water partition coefficient (Wildman–Crippen LogP) is -1.82. The van der Waals surface area contributed by atoms with Crippen molar-refractivity contribution in [3.05, 3.63) is 120 Å². The Balaban J connectivity index is 1.09. The number of aliphatic hydroxyl groups excluding tert-OH is 2. The summed E-state index contributed by atoms with van der Waals surface area (Å²) < 4.78 is 0. The van der Waals surface area contributed by atoms with Crippen LogP contribution in [0, 0.1) is 17.8 Å². The Morgan fingerprint density at radius 3 is 1.34 bits per heavy atom. The molecule has 0 spiro atoms. The number of imidazole rings is 1. The van der Waals surface area contributed by atoms with Crippen molar-refractivity contribution in [3.8, 4) is 5.75 Å². The van der Waals surface area contributed by atoms with E-state index in [1.54, 1.807) is 102 Å². The van der Waals surface area contributed by atoms with Crippen LogP contribution in [0.2, 0.25) is 0 Å². The first-order valence-electron chi connectivity index (χ1n) is 41.5. The van der Waals surface area contributed by atoms with Gasteiger partial charge >= 0.3 is 17.9 Å². The van der Waals surface area contributed by atoms with Crippen LogP contribution in [0.4, 0.5) is 0 Å². The highest BCUT2D eigenvalue weighted by atomic mass is 16.4. The summed E-state index contributed by atoms with van der Waals surface area (Å²) in [6.45, 7) is 11.9. The molecule has 25 N–H and O–H groups in total. The van der Waals surface area contributed by atoms with E-state index in [1.807, 2.05) is 0 Å². The molecule has 125 heavy (non-hydrogen) atoms. The van der Waals surface area contributed by atoms with Crippen molar-refractivity contribution in [1.82, 2.24) is 88.6 Å². The molecule has 1 fully saturated rings. The smallest absolute Gasteiger partial charge is 0.326 e. The Morgan fingerprint density at radius 1 is 0.472 bits per heavy atom. The molecular weight excluding hydrogens is 1630 g/mol. The summed E-state index contributed by atoms with van der Waals surface area (Å²) in [5, 5.41) is 93.1. The fourth-order valence-corrected chi connectivity index (χ4v) is 14.3. The number of carbonyl (C=O) groups is 16. The number of aliphatic hydroxyl groups is 2. The van der Waals surface area contributed by atoms with Gasteiger partial charge < -0.3 is 126 Å². The van der Waals surface area contributed by atoms with Crippen LogP contribution >= 0.6 is 0 Å². The van der Waals surface area contributed by atoms with Gasteiger partial charge in [0, 0.05) is 78.3 Å². The Labute approximate surface area is 720 Å². The lowest BCUT2D eigenvalue weighted by Crippen LogP contribution is -2.62. The summed E-state index contributed by atoms with van der Waals surface area (Å²) in [6.07, 6.45) is 1.16. The highest BCUT2D eigenvalue weighted by Gasteiger charge is 2.43. The molecule has 6 aromatic rings. The third-order valence-electron chi connectivity index (χ3n) is 20.8. The zero-order valence-electron chi connectivity index (χ0n) is 70.9. The number of carbonyl (C=O) groups excluding carboxylic acids is 13. The number of amides is 13. The number of para-hydroxylation sites is 2. The van der Waals surface area contributed by atoms with E-state index in [0.717, 1.165) is 4.90 Å². The van der Waals surface area contributed by atoms with E-state index in [-0.39, 0.29) is 107 Å². The monoisotopic (exact) mass is 1740 g/mol. The number of H-pyrrole nitrogens is 3. The molecule has 41 heteroatoms. The topological polar surface area (TPSA) is 654 Å². The molecule has 1 saturated heterocycles. The normalized spacial score (nSPS) is 16.0. The second-order valence-corrected chi connectivity index (χ2v) is 32.5. The van der Waals surface area contributed by atoms with Crippen LogP contribution in [-0.4, -0.2) is 261 Å². The first-order chi connectivity index (χ1) is 59.2. The van der Waals surface area contributed by atoms with Gasteiger partial charge in [-0.3, -0.25) is 71.9 Å². The maximum Gasteiger partial charge on any atom is 0.326 e. The number of nitrogens with one attached hydrogen (secondary N) is 15. The Morgan fingerprint density at radius 2 is 0.888 bits per heavy atom. The maximum atomic E-state index is 15.0. The Bertz CT molecular complexity index is 4740. The van der Waals surface area contributed by atoms with Crippen LogP contribution in [0.15, 0.2) is 97.7 Å². The molecule has 3 aromatic carbocycles. The van der Waals surface area contributed by atoms with Crippen molar-refractivity contribution in [1.29, 1.82) is 0 Å². The molecular formula is C84H117N19O22. The van der Waals surface area contributed by atoms with Crippen molar-refractivity contribution in [3.63, 3.8) is 0 Å². The number of aromatic amines is 3. The molecule has 1 aliphatic rings. The fourth-order valence-electron chi connectivity index (χ4n) is 14.3. The molecule has 1 aliphatic heterocycles. The van der Waals surface area contributed by atoms with E-state index >= 15 is 4.79 Å². The van der Waals surface area contributed by atoms with E-state index in [0.29, 0.717) is 50.6 Å². The molecule has 7 rings (SSSR count). The van der Waals surface area contributed by atoms with E-state index in [9.17, 15) is 103 Å². The first-order valence-corrected chi connectivity index (χ1v) is 41.5. The lowest BCUT2D eigenvalue weighted by atomic mass is 9.98. The largest absolute Gasteiger partial charge is 0.508 e. The highest BCUT2D eigenvalue weighted by Crippen LogP contribution is 2.25. The number of benzene rings is 3. The van der Waals surface area contributed by atoms with Gasteiger partial charge in [-0.15, -0.1) is 0 Å². The summed E-state index contributed by atoms with van der Waals surface area (Å²) in [6, 6.07) is -2.62. The van der Waals surface area contributed by atoms with Gasteiger partial charge in [-0.2, -0.15) is 0 Å². The molecule has 3 aromatic heterocycles. The van der Waals surface area contributed by atoms with Gasteiger partial charge in [0.15, 0.2) is 0 Å². The van der Waals surface area contributed by atoms with Gasteiger partial charge in [-0.25, -0.2) is 9.78 Å². The quantitative estimate of drug-likeness (QED) is 0.0187. The summed E-state index contributed by atoms with van der Waals surface area (Å²) in [5.41, 5.74) is 14.6. The number of aliphatic carboxylic acids is 3. The minimum absolute atomic E-state index is 0.0520. The number of unbranched alkanes of at least 4 members (excludes halogenated alkanes) is 1. The third kappa shape index (κ3) is 30.3. The van der Waals surface area contributed by atoms with E-state index in [4.69, 9.17) is 11.5 Å². The summed E-state index contributed by atoms with van der Waals surface area (Å²) in [4.78, 5) is 238. The molecule has 15 atom stereocenters. The number of likely N-dealkylation sites (tertiary alicyclic amines) is 1. The number of hydrogen-bond acceptors (Lipinski definition) is 22. The second-order valence-electron chi connectivity index (χ2n) is 32.5. The standard InChI is InChI=1S/C84H117N19O22/c1-42(2)28-57(73(113)95-61(32-48-37-88-54-18-11-9-16-52(48)54)76(116)93-58(29-43(3)4)74(114)97-63(34-50-39-87-41-90-50)78(118)100-65(84(124)125)36-69(109)110)92-72(112)56(20-13-14-26-85)91-82(122)70(46(8)105)102-79(119)59(30-44(5)6)98-81(121)67-21-15-27-103(67)83(123)64(35-68(107)108)99-75(115)60(31-47-22-24-51(106)25-23-47)94-77(117)62(33-49-38-89-55-19-12-10-17-53(49)55)96-80(120)66(40-104)101-71(111)45(7)86/h9-12,16-19,22-25,37-39,41-46,56-67,70,88-89,104-106H,13-15,20-21,26-36,40,85-86H2,1-8H3,(H,87,90)(H,91,122)(H,92,112)(H,93,116)(H,94,117)(H,95,113)(H,96,120)(H,97,114)(H,98,121)(H,99,115)(H,100,118)(H,101,111)(H,102,119)(H,107,108)(H,109,110)(H,124,125)/t45-,46+,56-,57-,58-,59-,60-,61-,62-,63-,64-,65-,66-,67-,70-/m0/s1. The van der Waals surface area contributed by atoms with Crippen molar-refractivity contribution in [2.75, 3.05) is 19.7 Å². The summed E-state index contributed by atoms with van der Waals surface area (Å²) in [5.74, 6) is -18.8. The van der Waals surface area contributed by atoms with Crippen LogP contribution in [0.3, 0.4) is 0 Å². The van der Waals surface area contributed by atoms with Crippen molar-refractivity contribution in [2.24, 2.45) is 29.2 Å². The number of phenols is 1. The second kappa shape index (κ2) is 47.7. The molecule has 0 bridgehead atoms. The van der Waals surface area contributed by atoms with Crippen molar-refractivity contribution >= 4 is 117 Å². The number of nitrogens with two attached hydrogens (primary N) is 2. The van der Waals surface area contributed by atoms with E-state index in [1.165, 1.54) is 50.6 Å². The molecule has 0 radical (unpaired) electrons. The van der Waals surface area contributed by atoms with Gasteiger partial charge in [0.2, 0.25) is 76.8 Å². The van der Waals surface area contributed by atoms with E-state index in [2.05, 4.69) is 83.7 Å². The molecule has 0 saturated carbocycles. The number of aromatic hydroxyl groups is 1. The highest BCUT2D eigenvalue weighted by molar-refractivity contribution is 6.02. The van der Waals surface area contributed by atoms with Crippen molar-refractivity contribution < 1.29 is 107 Å². The maximum absolute atomic E-state index is 15.0. The lowest BCUT2D eigenvalue weighted by Gasteiger charge is -2.31. The number of phenolic OH excluding ortho intramolecular Hbond substituents is 1. The minimum atomic E-state index is -1.94. The summed E-state index contributed by atoms with van der Waals surface area (Å²) >= 11 is 0. The molecule has 680 valence electrons. The number of hydrogen-bond donors (Lipinski definition) is 23. The van der Waals surface area contributed by atoms with Crippen LogP contribution < -0.4 is 75.3 Å². The lowest BCUT2D eigenvalue weighted by molar-refractivity contribution is -0.147. The van der Waals surface area contributed by atoms with Crippen LogP contribution in [-0.2, 0) is 102 Å². The van der Waals surface area contributed by atoms with Crippen LogP contribution in [0.1, 0.15) is 142 Å². The zero-order chi connectivity index (χ0) is 92.1. The average Bonchev–Trinajstić information content (AvgIpc) is 1.67. The SMILES string of the molecule is CC(C)C[C@H](NC(=O)[C@H](Cc1c[nH]c2ccccc12)NC(=O)[C@H](CC(C)C)NC(=O)[C@H](CCCCN)NC(=O)[C@@H](NC(=O)[C@H](CC(C)C)NC(=O)[C@@H]1CCCN1C(=O)[C@H](CC(=O)O)NC(=O)[C@H](Cc1ccc(O)cc1)NC(=O)[C@H](Cc1c[nH]c2ccccc12)NC(=O)[C@H](CO)NC(=O)[C@H](C)N)[C@@H](C)O)C(=O)N[C@@H](Cc1cnc[nH]1)C(=O)N[C@@H](CC(=O)O)C(=O)O. The van der Waals surface area contributed by atoms with Crippen molar-refractivity contribution in [2.45, 2.75) is 236 Å². The Kier molecular flexibility index (Phi) is 37.8. The number of fused-ring (bicyclic) bond motifs is 2. The number of nitrogens with zero attached hydrogens (tertiary/aromatic N) is 2. The fraction of sp³-hybridized carbons (Fsp3) is 0.512. The van der Waals surface area contributed by atoms with Gasteiger partial charge in [0.05, 0.1) is 37.9 Å². The first kappa shape index (κ1) is 99.2. The molecule has 0 unspecified atom stereocenters. The zero-order valence-corrected chi connectivity index (χ0v) is 70.9. The number of rotatable bonds is 50. The minimum Gasteiger partial charge on any atom is -0.508 e.